The predicted octanol–water partition coefficient (Wildman–Crippen LogP) is 3.13. The van der Waals surface area contributed by atoms with Gasteiger partial charge in [-0.25, -0.2) is 0 Å². The lowest BCUT2D eigenvalue weighted by Crippen LogP contribution is -2.56. The molecule has 3 amide bonds. The van der Waals surface area contributed by atoms with Crippen molar-refractivity contribution in [3.63, 3.8) is 0 Å². The smallest absolute Gasteiger partial charge is 0.243 e. The van der Waals surface area contributed by atoms with Crippen LogP contribution in [0.15, 0.2) is 30.3 Å². The monoisotopic (exact) mass is 624 g/mol. The number of likely N-dealkylation sites (N-methyl/N-ethyl adjacent to an activating group) is 1. The van der Waals surface area contributed by atoms with Crippen molar-refractivity contribution in [2.75, 3.05) is 33.2 Å². The van der Waals surface area contributed by atoms with E-state index in [1.54, 1.807) is 11.9 Å². The fraction of sp³-hybridized carbons (Fsp3) is 0.694. The number of benzene rings is 1. The Morgan fingerprint density at radius 1 is 1.02 bits per heavy atom. The summed E-state index contributed by atoms with van der Waals surface area (Å²) in [5.41, 5.74) is 0.918. The number of amides is 3. The average molecular weight is 625 g/mol. The van der Waals surface area contributed by atoms with Crippen molar-refractivity contribution in [3.05, 3.63) is 35.9 Å². The zero-order valence-electron chi connectivity index (χ0n) is 27.6. The Kier molecular flexibility index (Phi) is 15.3. The summed E-state index contributed by atoms with van der Waals surface area (Å²) in [6, 6.07) is 7.82. The highest BCUT2D eigenvalue weighted by Crippen LogP contribution is 2.29. The van der Waals surface area contributed by atoms with Crippen molar-refractivity contribution in [1.29, 1.82) is 0 Å². The SMILES string of the molecule is C#CC[C@H](NC(=O)[C@@H](CC(=O)N(C)CCN1CCC1)Cc1ccccc1)C(=O)N[C@@H](CC1CCCCC1)[C@@H](O)[C@@H](O)CC(C)C. The summed E-state index contributed by atoms with van der Waals surface area (Å²) < 4.78 is 0. The molecule has 4 N–H and O–H groups in total. The molecule has 0 radical (unpaired) electrons. The van der Waals surface area contributed by atoms with Crippen LogP contribution in [0.4, 0.5) is 0 Å². The van der Waals surface area contributed by atoms with E-state index in [9.17, 15) is 24.6 Å². The number of hydrogen-bond acceptors (Lipinski definition) is 6. The first-order chi connectivity index (χ1) is 21.6. The zero-order chi connectivity index (χ0) is 32.8. The molecule has 250 valence electrons. The van der Waals surface area contributed by atoms with E-state index in [-0.39, 0.29) is 24.7 Å². The first-order valence-electron chi connectivity index (χ1n) is 17.0. The number of aliphatic hydroxyl groups excluding tert-OH is 2. The maximum Gasteiger partial charge on any atom is 0.243 e. The molecule has 3 rings (SSSR count). The Hall–Kier alpha value is -2.93. The molecule has 2 aliphatic rings. The first kappa shape index (κ1) is 36.5. The Morgan fingerprint density at radius 3 is 2.31 bits per heavy atom. The minimum absolute atomic E-state index is 0.00599. The maximum absolute atomic E-state index is 13.8. The van der Waals surface area contributed by atoms with Crippen LogP contribution in [-0.2, 0) is 20.8 Å². The molecule has 1 aliphatic carbocycles. The molecule has 45 heavy (non-hydrogen) atoms. The van der Waals surface area contributed by atoms with Gasteiger partial charge in [0.1, 0.15) is 12.1 Å². The van der Waals surface area contributed by atoms with Crippen LogP contribution in [0.3, 0.4) is 0 Å². The summed E-state index contributed by atoms with van der Waals surface area (Å²) in [6.07, 6.45) is 11.4. The Bertz CT molecular complexity index is 1100. The number of carbonyl (C=O) groups is 3. The minimum Gasteiger partial charge on any atom is -0.390 e. The van der Waals surface area contributed by atoms with Gasteiger partial charge in [0.25, 0.3) is 0 Å². The normalized spacial score (nSPS) is 19.0. The zero-order valence-corrected chi connectivity index (χ0v) is 27.6. The van der Waals surface area contributed by atoms with Crippen molar-refractivity contribution >= 4 is 17.7 Å². The third-order valence-electron chi connectivity index (χ3n) is 9.36. The minimum atomic E-state index is -1.14. The number of hydrogen-bond donors (Lipinski definition) is 4. The van der Waals surface area contributed by atoms with Crippen LogP contribution in [0.1, 0.15) is 83.6 Å². The molecule has 1 saturated heterocycles. The van der Waals surface area contributed by atoms with E-state index in [1.165, 1.54) is 12.8 Å². The standard InChI is InChI=1S/C36H56N4O5/c1-5-13-30(36(45)38-31(24-28-16-10-7-11-17-28)34(43)32(41)22-26(2)3)37-35(44)29(23-27-14-8-6-9-15-27)25-33(42)39(4)20-21-40-18-12-19-40/h1,6,8-9,14-15,26,28-32,34,41,43H,7,10-13,16-25H2,2-4H3,(H,37,44)(H,38,45)/t29-,30+,31+,32+,34-/m1/s1. The summed E-state index contributed by atoms with van der Waals surface area (Å²) >= 11 is 0. The van der Waals surface area contributed by atoms with Gasteiger partial charge in [0.15, 0.2) is 0 Å². The molecule has 9 heteroatoms. The van der Waals surface area contributed by atoms with E-state index >= 15 is 0 Å². The van der Waals surface area contributed by atoms with E-state index in [0.717, 1.165) is 50.9 Å². The van der Waals surface area contributed by atoms with Crippen LogP contribution in [-0.4, -0.2) is 95.3 Å². The van der Waals surface area contributed by atoms with Gasteiger partial charge >= 0.3 is 0 Å². The van der Waals surface area contributed by atoms with Gasteiger partial charge in [-0.3, -0.25) is 14.4 Å². The number of nitrogens with zero attached hydrogens (tertiary/aromatic N) is 2. The van der Waals surface area contributed by atoms with Crippen LogP contribution >= 0.6 is 0 Å². The van der Waals surface area contributed by atoms with Gasteiger partial charge in [-0.1, -0.05) is 76.3 Å². The van der Waals surface area contributed by atoms with E-state index in [4.69, 9.17) is 6.42 Å². The summed E-state index contributed by atoms with van der Waals surface area (Å²) in [5, 5.41) is 27.7. The molecule has 0 spiro atoms. The van der Waals surface area contributed by atoms with Gasteiger partial charge in [0.2, 0.25) is 17.7 Å². The van der Waals surface area contributed by atoms with E-state index in [2.05, 4.69) is 21.5 Å². The fourth-order valence-corrected chi connectivity index (χ4v) is 6.40. The van der Waals surface area contributed by atoms with Crippen LogP contribution in [0.2, 0.25) is 0 Å². The summed E-state index contributed by atoms with van der Waals surface area (Å²) in [5.74, 6) is 1.29. The van der Waals surface area contributed by atoms with Crippen molar-refractivity contribution in [2.45, 2.75) is 109 Å². The molecule has 0 aromatic heterocycles. The highest BCUT2D eigenvalue weighted by atomic mass is 16.3. The van der Waals surface area contributed by atoms with Crippen molar-refractivity contribution < 1.29 is 24.6 Å². The Balaban J connectivity index is 1.72. The Labute approximate surface area is 270 Å². The second-order valence-electron chi connectivity index (χ2n) is 13.6. The van der Waals surface area contributed by atoms with Crippen LogP contribution in [0.5, 0.6) is 0 Å². The molecule has 0 bridgehead atoms. The first-order valence-corrected chi connectivity index (χ1v) is 17.0. The number of rotatable bonds is 18. The van der Waals surface area contributed by atoms with Crippen LogP contribution < -0.4 is 10.6 Å². The highest BCUT2D eigenvalue weighted by molar-refractivity contribution is 5.91. The molecule has 5 atom stereocenters. The van der Waals surface area contributed by atoms with Gasteiger partial charge in [0, 0.05) is 33.0 Å². The van der Waals surface area contributed by atoms with E-state index in [0.29, 0.717) is 31.7 Å². The molecule has 1 aliphatic heterocycles. The molecule has 1 heterocycles. The van der Waals surface area contributed by atoms with Crippen molar-refractivity contribution in [1.82, 2.24) is 20.4 Å². The number of terminal acetylenes is 1. The van der Waals surface area contributed by atoms with Crippen molar-refractivity contribution in [2.24, 2.45) is 17.8 Å². The average Bonchev–Trinajstić information content (AvgIpc) is 2.99. The quantitative estimate of drug-likeness (QED) is 0.186. The molecule has 0 unspecified atom stereocenters. The summed E-state index contributed by atoms with van der Waals surface area (Å²) in [7, 11) is 1.76. The van der Waals surface area contributed by atoms with Crippen LogP contribution in [0, 0.1) is 30.1 Å². The predicted molar refractivity (Wildman–Crippen MR) is 177 cm³/mol. The third-order valence-corrected chi connectivity index (χ3v) is 9.36. The van der Waals surface area contributed by atoms with Crippen molar-refractivity contribution in [3.8, 4) is 12.3 Å². The summed E-state index contributed by atoms with van der Waals surface area (Å²) in [6.45, 7) is 7.45. The lowest BCUT2D eigenvalue weighted by molar-refractivity contribution is -0.137. The molecule has 2 fully saturated rings. The number of nitrogens with one attached hydrogen (secondary N) is 2. The van der Waals surface area contributed by atoms with Gasteiger partial charge in [-0.2, -0.15) is 0 Å². The van der Waals surface area contributed by atoms with Gasteiger partial charge in [-0.15, -0.1) is 12.3 Å². The third kappa shape index (κ3) is 12.4. The fourth-order valence-electron chi connectivity index (χ4n) is 6.40. The topological polar surface area (TPSA) is 122 Å². The van der Waals surface area contributed by atoms with Gasteiger partial charge < -0.3 is 30.6 Å². The maximum atomic E-state index is 13.8. The van der Waals surface area contributed by atoms with E-state index < -0.39 is 42.0 Å². The molecule has 1 saturated carbocycles. The molecule has 1 aromatic rings. The molecule has 1 aromatic carbocycles. The molecular weight excluding hydrogens is 568 g/mol. The Morgan fingerprint density at radius 2 is 1.71 bits per heavy atom. The second-order valence-corrected chi connectivity index (χ2v) is 13.6. The number of likely N-dealkylation sites (tertiary alicyclic amines) is 1. The highest BCUT2D eigenvalue weighted by Gasteiger charge is 2.34. The largest absolute Gasteiger partial charge is 0.390 e. The van der Waals surface area contributed by atoms with Gasteiger partial charge in [0.05, 0.1) is 18.1 Å². The summed E-state index contributed by atoms with van der Waals surface area (Å²) in [4.78, 5) is 44.6. The lowest BCUT2D eigenvalue weighted by Gasteiger charge is -2.33. The second kappa shape index (κ2) is 18.9. The molecular formula is C36H56N4O5. The molecule has 9 nitrogen and oxygen atoms in total. The van der Waals surface area contributed by atoms with E-state index in [1.807, 2.05) is 44.2 Å². The van der Waals surface area contributed by atoms with Gasteiger partial charge in [-0.05, 0) is 56.2 Å². The van der Waals surface area contributed by atoms with Crippen LogP contribution in [0.25, 0.3) is 0 Å². The number of carbonyl (C=O) groups excluding carboxylic acids is 3. The lowest BCUT2D eigenvalue weighted by atomic mass is 9.82. The number of aliphatic hydroxyl groups is 2.